The van der Waals surface area contributed by atoms with Gasteiger partial charge in [0.15, 0.2) is 0 Å². The summed E-state index contributed by atoms with van der Waals surface area (Å²) >= 11 is 0. The molecule has 0 radical (unpaired) electrons. The normalized spacial score (nSPS) is 12.2. The molecule has 3 heteroatoms. The molecular formula is C16H19FN2. The summed E-state index contributed by atoms with van der Waals surface area (Å²) in [5.74, 6) is -0.259. The summed E-state index contributed by atoms with van der Waals surface area (Å²) in [6.45, 7) is 4.55. The summed E-state index contributed by atoms with van der Waals surface area (Å²) in [5, 5.41) is 3.16. The molecule has 2 aromatic rings. The summed E-state index contributed by atoms with van der Waals surface area (Å²) in [7, 11) is 0. The van der Waals surface area contributed by atoms with Crippen molar-refractivity contribution in [3.05, 3.63) is 65.0 Å². The van der Waals surface area contributed by atoms with Gasteiger partial charge in [0, 0.05) is 6.54 Å². The Morgan fingerprint density at radius 3 is 2.47 bits per heavy atom. The smallest absolute Gasteiger partial charge is 0.146 e. The lowest BCUT2D eigenvalue weighted by atomic mass is 10.0. The van der Waals surface area contributed by atoms with Gasteiger partial charge in [-0.25, -0.2) is 4.39 Å². The van der Waals surface area contributed by atoms with Crippen LogP contribution in [0.25, 0.3) is 0 Å². The maximum absolute atomic E-state index is 13.6. The molecule has 3 N–H and O–H groups in total. The highest BCUT2D eigenvalue weighted by atomic mass is 19.1. The largest absolute Gasteiger partial charge is 0.375 e. The number of para-hydroxylation sites is 1. The van der Waals surface area contributed by atoms with Crippen molar-refractivity contribution in [3.8, 4) is 0 Å². The number of anilines is 1. The second-order valence-corrected chi connectivity index (χ2v) is 4.76. The highest BCUT2D eigenvalue weighted by molar-refractivity contribution is 5.47. The fourth-order valence-electron chi connectivity index (χ4n) is 2.03. The highest BCUT2D eigenvalue weighted by Gasteiger charge is 2.12. The molecule has 0 heterocycles. The summed E-state index contributed by atoms with van der Waals surface area (Å²) < 4.78 is 13.6. The van der Waals surface area contributed by atoms with Crippen LogP contribution in [-0.4, -0.2) is 6.54 Å². The molecule has 0 aliphatic heterocycles. The second-order valence-electron chi connectivity index (χ2n) is 4.76. The van der Waals surface area contributed by atoms with Crippen LogP contribution in [0.15, 0.2) is 42.5 Å². The first kappa shape index (κ1) is 13.6. The number of nitrogens with one attached hydrogen (secondary N) is 1. The monoisotopic (exact) mass is 258 g/mol. The van der Waals surface area contributed by atoms with E-state index >= 15 is 0 Å². The maximum atomic E-state index is 13.6. The van der Waals surface area contributed by atoms with E-state index in [4.69, 9.17) is 5.73 Å². The fourth-order valence-corrected chi connectivity index (χ4v) is 2.03. The molecule has 0 saturated carbocycles. The first-order chi connectivity index (χ1) is 9.11. The van der Waals surface area contributed by atoms with Gasteiger partial charge in [-0.15, -0.1) is 0 Å². The zero-order valence-electron chi connectivity index (χ0n) is 11.3. The Bertz CT molecular complexity index is 566. The van der Waals surface area contributed by atoms with Crippen LogP contribution >= 0.6 is 0 Å². The minimum atomic E-state index is -0.259. The van der Waals surface area contributed by atoms with Gasteiger partial charge in [-0.1, -0.05) is 30.3 Å². The van der Waals surface area contributed by atoms with Crippen molar-refractivity contribution < 1.29 is 4.39 Å². The van der Waals surface area contributed by atoms with E-state index in [1.807, 2.05) is 6.07 Å². The van der Waals surface area contributed by atoms with Crippen molar-refractivity contribution in [1.82, 2.24) is 0 Å². The van der Waals surface area contributed by atoms with Gasteiger partial charge in [0.25, 0.3) is 0 Å². The predicted octanol–water partition coefficient (Wildman–Crippen LogP) is 3.55. The van der Waals surface area contributed by atoms with E-state index in [1.165, 1.54) is 17.2 Å². The molecule has 0 aromatic heterocycles. The number of nitrogens with two attached hydrogens (primary N) is 1. The maximum Gasteiger partial charge on any atom is 0.146 e. The Morgan fingerprint density at radius 1 is 1.11 bits per heavy atom. The van der Waals surface area contributed by atoms with Crippen LogP contribution in [0.1, 0.15) is 22.7 Å². The van der Waals surface area contributed by atoms with Crippen molar-refractivity contribution in [1.29, 1.82) is 0 Å². The first-order valence-corrected chi connectivity index (χ1v) is 6.40. The number of rotatable bonds is 4. The zero-order valence-corrected chi connectivity index (χ0v) is 11.3. The number of halogens is 1. The molecule has 0 fully saturated rings. The van der Waals surface area contributed by atoms with Crippen LogP contribution in [0, 0.1) is 19.7 Å². The Balaban J connectivity index is 2.25. The summed E-state index contributed by atoms with van der Waals surface area (Å²) in [6, 6.07) is 12.8. The molecule has 0 bridgehead atoms. The van der Waals surface area contributed by atoms with Crippen molar-refractivity contribution in [2.75, 3.05) is 11.9 Å². The Kier molecular flexibility index (Phi) is 4.17. The number of hydrogen-bond donors (Lipinski definition) is 2. The Morgan fingerprint density at radius 2 is 1.84 bits per heavy atom. The molecule has 100 valence electrons. The van der Waals surface area contributed by atoms with Crippen molar-refractivity contribution in [2.45, 2.75) is 19.9 Å². The van der Waals surface area contributed by atoms with Gasteiger partial charge in [-0.05, 0) is 42.7 Å². The number of aryl methyl sites for hydroxylation is 2. The number of hydrogen-bond acceptors (Lipinski definition) is 2. The van der Waals surface area contributed by atoms with E-state index in [0.29, 0.717) is 12.2 Å². The molecule has 0 aliphatic rings. The molecule has 2 rings (SSSR count). The number of benzene rings is 2. The summed E-state index contributed by atoms with van der Waals surface area (Å²) in [4.78, 5) is 0. The fraction of sp³-hybridized carbons (Fsp3) is 0.250. The standard InChI is InChI=1S/C16H19FN2/c1-11-7-8-13(9-12(11)2)16(10-18)19-15-6-4-3-5-14(15)17/h3-9,16,19H,10,18H2,1-2H3. The minimum absolute atomic E-state index is 0.0869. The molecule has 19 heavy (non-hydrogen) atoms. The zero-order chi connectivity index (χ0) is 13.8. The van der Waals surface area contributed by atoms with Crippen LogP contribution < -0.4 is 11.1 Å². The third-order valence-corrected chi connectivity index (χ3v) is 3.37. The van der Waals surface area contributed by atoms with Crippen molar-refractivity contribution in [3.63, 3.8) is 0 Å². The summed E-state index contributed by atoms with van der Waals surface area (Å²) in [5.41, 5.74) is 9.82. The molecule has 0 amide bonds. The molecular weight excluding hydrogens is 239 g/mol. The van der Waals surface area contributed by atoms with Gasteiger partial charge in [0.1, 0.15) is 5.82 Å². The quantitative estimate of drug-likeness (QED) is 0.880. The van der Waals surface area contributed by atoms with Crippen molar-refractivity contribution in [2.24, 2.45) is 5.73 Å². The topological polar surface area (TPSA) is 38.0 Å². The van der Waals surface area contributed by atoms with Crippen LogP contribution in [-0.2, 0) is 0 Å². The van der Waals surface area contributed by atoms with Gasteiger partial charge in [0.2, 0.25) is 0 Å². The molecule has 0 spiro atoms. The molecule has 1 atom stereocenters. The van der Waals surface area contributed by atoms with Crippen LogP contribution in [0.3, 0.4) is 0 Å². The molecule has 0 saturated heterocycles. The third kappa shape index (κ3) is 3.12. The van der Waals surface area contributed by atoms with E-state index in [9.17, 15) is 4.39 Å². The van der Waals surface area contributed by atoms with Gasteiger partial charge >= 0.3 is 0 Å². The molecule has 2 nitrogen and oxygen atoms in total. The van der Waals surface area contributed by atoms with E-state index < -0.39 is 0 Å². The van der Waals surface area contributed by atoms with Crippen LogP contribution in [0.2, 0.25) is 0 Å². The van der Waals surface area contributed by atoms with Gasteiger partial charge in [-0.2, -0.15) is 0 Å². The highest BCUT2D eigenvalue weighted by Crippen LogP contribution is 2.22. The molecule has 1 unspecified atom stereocenters. The third-order valence-electron chi connectivity index (χ3n) is 3.37. The Labute approximate surface area is 113 Å². The lowest BCUT2D eigenvalue weighted by Gasteiger charge is -2.20. The Hall–Kier alpha value is -1.87. The SMILES string of the molecule is Cc1ccc(C(CN)Nc2ccccc2F)cc1C. The second kappa shape index (κ2) is 5.85. The first-order valence-electron chi connectivity index (χ1n) is 6.40. The van der Waals surface area contributed by atoms with Gasteiger partial charge in [-0.3, -0.25) is 0 Å². The minimum Gasteiger partial charge on any atom is -0.375 e. The van der Waals surface area contributed by atoms with Crippen molar-refractivity contribution >= 4 is 5.69 Å². The van der Waals surface area contributed by atoms with E-state index in [2.05, 4.69) is 31.3 Å². The summed E-state index contributed by atoms with van der Waals surface area (Å²) in [6.07, 6.45) is 0. The van der Waals surface area contributed by atoms with Gasteiger partial charge in [0.05, 0.1) is 11.7 Å². The van der Waals surface area contributed by atoms with E-state index in [0.717, 1.165) is 5.56 Å². The molecule has 0 aliphatic carbocycles. The average molecular weight is 258 g/mol. The van der Waals surface area contributed by atoms with E-state index in [1.54, 1.807) is 18.2 Å². The van der Waals surface area contributed by atoms with Gasteiger partial charge < -0.3 is 11.1 Å². The average Bonchev–Trinajstić information content (AvgIpc) is 2.41. The van der Waals surface area contributed by atoms with E-state index in [-0.39, 0.29) is 11.9 Å². The molecule has 2 aromatic carbocycles. The van der Waals surface area contributed by atoms with Crippen LogP contribution in [0.5, 0.6) is 0 Å². The predicted molar refractivity (Wildman–Crippen MR) is 77.7 cm³/mol. The lowest BCUT2D eigenvalue weighted by molar-refractivity contribution is 0.626. The lowest BCUT2D eigenvalue weighted by Crippen LogP contribution is -2.21. The van der Waals surface area contributed by atoms with Crippen LogP contribution in [0.4, 0.5) is 10.1 Å².